The lowest BCUT2D eigenvalue weighted by atomic mass is 10.1. The topological polar surface area (TPSA) is 80.7 Å². The molecule has 0 aliphatic carbocycles. The average Bonchev–Trinajstić information content (AvgIpc) is 2.45. The predicted molar refractivity (Wildman–Crippen MR) is 80.3 cm³/mol. The van der Waals surface area contributed by atoms with E-state index < -0.39 is 21.1 Å². The smallest absolute Gasteiger partial charge is 0.324 e. The van der Waals surface area contributed by atoms with Gasteiger partial charge in [0.15, 0.2) is 15.1 Å². The first-order valence-electron chi connectivity index (χ1n) is 7.01. The van der Waals surface area contributed by atoms with Crippen LogP contribution in [0.5, 0.6) is 0 Å². The molecule has 0 fully saturated rings. The van der Waals surface area contributed by atoms with E-state index >= 15 is 0 Å². The van der Waals surface area contributed by atoms with Crippen molar-refractivity contribution in [2.45, 2.75) is 44.3 Å². The maximum absolute atomic E-state index is 12.4. The molecule has 0 saturated carbocycles. The molecule has 0 amide bonds. The molecule has 0 aliphatic rings. The van der Waals surface area contributed by atoms with Gasteiger partial charge < -0.3 is 9.84 Å². The van der Waals surface area contributed by atoms with E-state index in [4.69, 9.17) is 9.84 Å². The summed E-state index contributed by atoms with van der Waals surface area (Å²) in [4.78, 5) is 11.9. The molecule has 5 nitrogen and oxygen atoms in total. The Morgan fingerprint density at radius 1 is 1.29 bits per heavy atom. The van der Waals surface area contributed by atoms with Gasteiger partial charge in [0.1, 0.15) is 0 Å². The van der Waals surface area contributed by atoms with Gasteiger partial charge in [0.05, 0.1) is 19.0 Å². The molecular formula is C15H22O5S. The van der Waals surface area contributed by atoms with Crippen LogP contribution in [-0.4, -0.2) is 31.4 Å². The van der Waals surface area contributed by atoms with Crippen LogP contribution < -0.4 is 0 Å². The van der Waals surface area contributed by atoms with Gasteiger partial charge in [-0.1, -0.05) is 38.1 Å². The molecule has 0 radical (unpaired) electrons. The van der Waals surface area contributed by atoms with Crippen molar-refractivity contribution in [3.63, 3.8) is 0 Å². The Morgan fingerprint density at radius 3 is 2.52 bits per heavy atom. The predicted octanol–water partition coefficient (Wildman–Crippen LogP) is 1.83. The molecule has 118 valence electrons. The van der Waals surface area contributed by atoms with Gasteiger partial charge in [0.2, 0.25) is 0 Å². The molecule has 0 heterocycles. The molecule has 0 bridgehead atoms. The largest absolute Gasteiger partial charge is 0.465 e. The van der Waals surface area contributed by atoms with Crippen molar-refractivity contribution >= 4 is 15.8 Å². The average molecular weight is 314 g/mol. The van der Waals surface area contributed by atoms with Crippen molar-refractivity contribution in [3.8, 4) is 0 Å². The first-order chi connectivity index (χ1) is 9.94. The van der Waals surface area contributed by atoms with Crippen molar-refractivity contribution in [2.75, 3.05) is 6.61 Å². The van der Waals surface area contributed by atoms with Crippen LogP contribution in [0, 0.1) is 0 Å². The first-order valence-corrected chi connectivity index (χ1v) is 8.73. The molecule has 1 rings (SSSR count). The maximum Gasteiger partial charge on any atom is 0.324 e. The lowest BCUT2D eigenvalue weighted by molar-refractivity contribution is -0.143. The van der Waals surface area contributed by atoms with E-state index in [-0.39, 0.29) is 25.4 Å². The van der Waals surface area contributed by atoms with Crippen molar-refractivity contribution < 1.29 is 23.1 Å². The standard InChI is InChI=1S/C15H22O5S/c1-3-8-20-15(17)14(4-2)21(18,19)11-13-7-5-6-12(9-13)10-16/h5-7,9,14,16H,3-4,8,10-11H2,1-2H3. The quantitative estimate of drug-likeness (QED) is 0.740. The Morgan fingerprint density at radius 2 is 1.95 bits per heavy atom. The van der Waals surface area contributed by atoms with Gasteiger partial charge in [-0.3, -0.25) is 4.79 Å². The lowest BCUT2D eigenvalue weighted by Gasteiger charge is -2.15. The van der Waals surface area contributed by atoms with E-state index in [1.807, 2.05) is 6.92 Å². The number of hydrogen-bond acceptors (Lipinski definition) is 5. The minimum Gasteiger partial charge on any atom is -0.465 e. The zero-order valence-electron chi connectivity index (χ0n) is 12.4. The molecule has 0 aliphatic heterocycles. The number of aliphatic hydroxyl groups excluding tert-OH is 1. The SMILES string of the molecule is CCCOC(=O)C(CC)S(=O)(=O)Cc1cccc(CO)c1. The molecule has 1 aromatic carbocycles. The summed E-state index contributed by atoms with van der Waals surface area (Å²) < 4.78 is 29.7. The summed E-state index contributed by atoms with van der Waals surface area (Å²) in [6.45, 7) is 3.58. The normalized spacial score (nSPS) is 12.9. The Bertz CT molecular complexity index is 565. The molecule has 1 aromatic rings. The molecule has 21 heavy (non-hydrogen) atoms. The molecule has 0 spiro atoms. The zero-order chi connectivity index (χ0) is 15.9. The molecule has 1 atom stereocenters. The first kappa shape index (κ1) is 17.7. The summed E-state index contributed by atoms with van der Waals surface area (Å²) in [6.07, 6.45) is 0.839. The molecular weight excluding hydrogens is 292 g/mol. The minimum absolute atomic E-state index is 0.149. The second kappa shape index (κ2) is 8.14. The van der Waals surface area contributed by atoms with Crippen molar-refractivity contribution in [3.05, 3.63) is 35.4 Å². The van der Waals surface area contributed by atoms with Gasteiger partial charge in [-0.05, 0) is 24.0 Å². The lowest BCUT2D eigenvalue weighted by Crippen LogP contribution is -2.32. The van der Waals surface area contributed by atoms with Crippen LogP contribution in [0.1, 0.15) is 37.8 Å². The van der Waals surface area contributed by atoms with Crippen molar-refractivity contribution in [2.24, 2.45) is 0 Å². The minimum atomic E-state index is -3.64. The van der Waals surface area contributed by atoms with Crippen LogP contribution in [0.3, 0.4) is 0 Å². The highest BCUT2D eigenvalue weighted by Crippen LogP contribution is 2.16. The maximum atomic E-state index is 12.4. The summed E-state index contributed by atoms with van der Waals surface area (Å²) in [5.41, 5.74) is 1.20. The summed E-state index contributed by atoms with van der Waals surface area (Å²) >= 11 is 0. The second-order valence-corrected chi connectivity index (χ2v) is 7.03. The van der Waals surface area contributed by atoms with E-state index in [9.17, 15) is 13.2 Å². The van der Waals surface area contributed by atoms with E-state index in [2.05, 4.69) is 0 Å². The van der Waals surface area contributed by atoms with Crippen molar-refractivity contribution in [1.82, 2.24) is 0 Å². The van der Waals surface area contributed by atoms with Crippen molar-refractivity contribution in [1.29, 1.82) is 0 Å². The third-order valence-corrected chi connectivity index (χ3v) is 5.19. The van der Waals surface area contributed by atoms with E-state index in [0.717, 1.165) is 0 Å². The Labute approximate surface area is 125 Å². The number of sulfone groups is 1. The fraction of sp³-hybridized carbons (Fsp3) is 0.533. The molecule has 6 heteroatoms. The Kier molecular flexibility index (Phi) is 6.84. The summed E-state index contributed by atoms with van der Waals surface area (Å²) in [5, 5.41) is 7.94. The van der Waals surface area contributed by atoms with Crippen LogP contribution in [0.2, 0.25) is 0 Å². The highest BCUT2D eigenvalue weighted by atomic mass is 32.2. The third kappa shape index (κ3) is 5.13. The van der Waals surface area contributed by atoms with Crippen LogP contribution in [0.4, 0.5) is 0 Å². The summed E-state index contributed by atoms with van der Waals surface area (Å²) in [6, 6.07) is 6.69. The van der Waals surface area contributed by atoms with Gasteiger partial charge in [-0.2, -0.15) is 0 Å². The Balaban J connectivity index is 2.89. The second-order valence-electron chi connectivity index (χ2n) is 4.85. The van der Waals surface area contributed by atoms with Gasteiger partial charge in [0, 0.05) is 0 Å². The fourth-order valence-corrected chi connectivity index (χ4v) is 3.73. The molecule has 0 saturated heterocycles. The van der Waals surface area contributed by atoms with Crippen LogP contribution in [-0.2, 0) is 31.7 Å². The molecule has 0 aromatic heterocycles. The van der Waals surface area contributed by atoms with Crippen LogP contribution in [0.15, 0.2) is 24.3 Å². The fourth-order valence-electron chi connectivity index (χ4n) is 2.01. The van der Waals surface area contributed by atoms with E-state index in [1.54, 1.807) is 31.2 Å². The number of carbonyl (C=O) groups is 1. The number of carbonyl (C=O) groups excluding carboxylic acids is 1. The highest BCUT2D eigenvalue weighted by Gasteiger charge is 2.32. The van der Waals surface area contributed by atoms with Gasteiger partial charge in [-0.15, -0.1) is 0 Å². The van der Waals surface area contributed by atoms with Crippen LogP contribution in [0.25, 0.3) is 0 Å². The number of aliphatic hydroxyl groups is 1. The van der Waals surface area contributed by atoms with Gasteiger partial charge in [0.25, 0.3) is 0 Å². The number of benzene rings is 1. The number of esters is 1. The molecule has 1 unspecified atom stereocenters. The van der Waals surface area contributed by atoms with Crippen LogP contribution >= 0.6 is 0 Å². The molecule has 1 N–H and O–H groups in total. The number of rotatable bonds is 8. The van der Waals surface area contributed by atoms with Gasteiger partial charge >= 0.3 is 5.97 Å². The number of hydrogen-bond donors (Lipinski definition) is 1. The Hall–Kier alpha value is -1.40. The summed E-state index contributed by atoms with van der Waals surface area (Å²) in [7, 11) is -3.64. The monoisotopic (exact) mass is 314 g/mol. The van der Waals surface area contributed by atoms with E-state index in [1.165, 1.54) is 0 Å². The summed E-state index contributed by atoms with van der Waals surface area (Å²) in [5.74, 6) is -0.918. The number of ether oxygens (including phenoxy) is 1. The van der Waals surface area contributed by atoms with E-state index in [0.29, 0.717) is 17.5 Å². The third-order valence-electron chi connectivity index (χ3n) is 3.06. The zero-order valence-corrected chi connectivity index (χ0v) is 13.2. The highest BCUT2D eigenvalue weighted by molar-refractivity contribution is 7.92. The van der Waals surface area contributed by atoms with Gasteiger partial charge in [-0.25, -0.2) is 8.42 Å².